The van der Waals surface area contributed by atoms with E-state index in [0.717, 1.165) is 0 Å². The van der Waals surface area contributed by atoms with Crippen molar-refractivity contribution in [1.29, 1.82) is 0 Å². The first kappa shape index (κ1) is 10.6. The summed E-state index contributed by atoms with van der Waals surface area (Å²) in [6.07, 6.45) is -0.220. The first-order valence-electron chi connectivity index (χ1n) is 4.51. The molecule has 3 atom stereocenters. The predicted molar refractivity (Wildman–Crippen MR) is 46.1 cm³/mol. The lowest BCUT2D eigenvalue weighted by Crippen LogP contribution is -2.31. The van der Waals surface area contributed by atoms with Gasteiger partial charge in [0.1, 0.15) is 12.9 Å². The summed E-state index contributed by atoms with van der Waals surface area (Å²) in [4.78, 5) is 10.1. The Labute approximate surface area is 77.8 Å². The Bertz CT molecular complexity index is 169. The quantitative estimate of drug-likeness (QED) is 0.640. The highest BCUT2D eigenvalue weighted by Gasteiger charge is 2.38. The fraction of sp³-hybridized carbons (Fsp3) is 0.889. The van der Waals surface area contributed by atoms with Gasteiger partial charge in [0.15, 0.2) is 6.29 Å². The summed E-state index contributed by atoms with van der Waals surface area (Å²) in [6, 6.07) is 0. The van der Waals surface area contributed by atoms with Crippen LogP contribution < -0.4 is 0 Å². The van der Waals surface area contributed by atoms with Gasteiger partial charge in [0, 0.05) is 5.92 Å². The molecule has 0 spiro atoms. The normalized spacial score (nSPS) is 34.0. The number of aliphatic hydroxyl groups excluding tert-OH is 1. The molecule has 0 radical (unpaired) electrons. The molecule has 13 heavy (non-hydrogen) atoms. The minimum Gasteiger partial charge on any atom is -0.390 e. The molecule has 0 aromatic heterocycles. The van der Waals surface area contributed by atoms with E-state index in [2.05, 4.69) is 0 Å². The molecule has 1 N–H and O–H groups in total. The van der Waals surface area contributed by atoms with Crippen molar-refractivity contribution in [3.8, 4) is 0 Å². The number of hydrogen-bond acceptors (Lipinski definition) is 4. The SMILES string of the molecule is CC(C)C1[C@@H](OCC=O)OC[C@H]1O. The van der Waals surface area contributed by atoms with E-state index in [-0.39, 0.29) is 18.4 Å². The first-order valence-corrected chi connectivity index (χ1v) is 4.51. The Morgan fingerprint density at radius 2 is 2.38 bits per heavy atom. The molecule has 1 aliphatic rings. The molecule has 0 aromatic rings. The van der Waals surface area contributed by atoms with Crippen molar-refractivity contribution in [2.75, 3.05) is 13.2 Å². The third-order valence-corrected chi connectivity index (χ3v) is 2.29. The van der Waals surface area contributed by atoms with Gasteiger partial charge in [-0.15, -0.1) is 0 Å². The highest BCUT2D eigenvalue weighted by Crippen LogP contribution is 2.28. The van der Waals surface area contributed by atoms with E-state index in [1.165, 1.54) is 0 Å². The molecule has 76 valence electrons. The molecule has 0 amide bonds. The van der Waals surface area contributed by atoms with Crippen LogP contribution in [0.15, 0.2) is 0 Å². The zero-order valence-corrected chi connectivity index (χ0v) is 7.97. The minimum atomic E-state index is -0.475. The van der Waals surface area contributed by atoms with Crippen LogP contribution in [0.4, 0.5) is 0 Å². The van der Waals surface area contributed by atoms with Gasteiger partial charge in [-0.1, -0.05) is 13.8 Å². The number of ether oxygens (including phenoxy) is 2. The van der Waals surface area contributed by atoms with Crippen molar-refractivity contribution in [3.05, 3.63) is 0 Å². The maximum Gasteiger partial charge on any atom is 0.163 e. The highest BCUT2D eigenvalue weighted by atomic mass is 16.7. The molecule has 4 heteroatoms. The second-order valence-corrected chi connectivity index (χ2v) is 3.59. The van der Waals surface area contributed by atoms with Crippen LogP contribution >= 0.6 is 0 Å². The van der Waals surface area contributed by atoms with E-state index in [0.29, 0.717) is 12.9 Å². The summed E-state index contributed by atoms with van der Waals surface area (Å²) in [5.41, 5.74) is 0. The van der Waals surface area contributed by atoms with Crippen molar-refractivity contribution in [2.45, 2.75) is 26.2 Å². The highest BCUT2D eigenvalue weighted by molar-refractivity contribution is 5.50. The molecule has 1 heterocycles. The summed E-state index contributed by atoms with van der Waals surface area (Å²) >= 11 is 0. The van der Waals surface area contributed by atoms with E-state index < -0.39 is 12.4 Å². The number of carbonyl (C=O) groups is 1. The van der Waals surface area contributed by atoms with Gasteiger partial charge in [0.25, 0.3) is 0 Å². The Morgan fingerprint density at radius 3 is 2.92 bits per heavy atom. The molecule has 4 nitrogen and oxygen atoms in total. The first-order chi connectivity index (χ1) is 6.16. The summed E-state index contributed by atoms with van der Waals surface area (Å²) in [6.45, 7) is 4.33. The van der Waals surface area contributed by atoms with Gasteiger partial charge in [-0.25, -0.2) is 0 Å². The van der Waals surface area contributed by atoms with Crippen molar-refractivity contribution in [1.82, 2.24) is 0 Å². The molecule has 1 saturated heterocycles. The lowest BCUT2D eigenvalue weighted by Gasteiger charge is -2.22. The maximum atomic E-state index is 10.1. The van der Waals surface area contributed by atoms with Gasteiger partial charge in [-0.05, 0) is 5.92 Å². The Kier molecular flexibility index (Phi) is 3.84. The smallest absolute Gasteiger partial charge is 0.163 e. The molecular weight excluding hydrogens is 172 g/mol. The largest absolute Gasteiger partial charge is 0.390 e. The van der Waals surface area contributed by atoms with Crippen LogP contribution in [-0.2, 0) is 14.3 Å². The average molecular weight is 188 g/mol. The third kappa shape index (κ3) is 2.49. The Morgan fingerprint density at radius 1 is 1.69 bits per heavy atom. The van der Waals surface area contributed by atoms with E-state index in [4.69, 9.17) is 9.47 Å². The van der Waals surface area contributed by atoms with E-state index in [1.807, 2.05) is 13.8 Å². The summed E-state index contributed by atoms with van der Waals surface area (Å²) in [5.74, 6) is 0.258. The van der Waals surface area contributed by atoms with Gasteiger partial charge in [-0.2, -0.15) is 0 Å². The van der Waals surface area contributed by atoms with Gasteiger partial charge < -0.3 is 19.4 Å². The lowest BCUT2D eigenvalue weighted by atomic mass is 9.92. The molecule has 0 aromatic carbocycles. The number of hydrogen-bond donors (Lipinski definition) is 1. The van der Waals surface area contributed by atoms with Gasteiger partial charge in [-0.3, -0.25) is 0 Å². The monoisotopic (exact) mass is 188 g/mol. The molecule has 0 aliphatic carbocycles. The number of aliphatic hydroxyl groups is 1. The van der Waals surface area contributed by atoms with Gasteiger partial charge >= 0.3 is 0 Å². The van der Waals surface area contributed by atoms with Crippen LogP contribution in [0.25, 0.3) is 0 Å². The van der Waals surface area contributed by atoms with Crippen molar-refractivity contribution in [3.63, 3.8) is 0 Å². The molecule has 1 aliphatic heterocycles. The lowest BCUT2D eigenvalue weighted by molar-refractivity contribution is -0.146. The summed E-state index contributed by atoms with van der Waals surface area (Å²) in [7, 11) is 0. The fourth-order valence-electron chi connectivity index (χ4n) is 1.65. The molecular formula is C9H16O4. The molecule has 1 unspecified atom stereocenters. The van der Waals surface area contributed by atoms with Crippen molar-refractivity contribution < 1.29 is 19.4 Å². The van der Waals surface area contributed by atoms with Crippen LogP contribution in [0.5, 0.6) is 0 Å². The Hall–Kier alpha value is -0.450. The number of rotatable bonds is 4. The number of aldehydes is 1. The second-order valence-electron chi connectivity index (χ2n) is 3.59. The van der Waals surface area contributed by atoms with Gasteiger partial charge in [0.05, 0.1) is 12.7 Å². The summed E-state index contributed by atoms with van der Waals surface area (Å²) < 4.78 is 10.4. The third-order valence-electron chi connectivity index (χ3n) is 2.29. The van der Waals surface area contributed by atoms with E-state index in [9.17, 15) is 9.90 Å². The fourth-order valence-corrected chi connectivity index (χ4v) is 1.65. The average Bonchev–Trinajstić information content (AvgIpc) is 2.43. The summed E-state index contributed by atoms with van der Waals surface area (Å²) in [5, 5.41) is 9.54. The van der Waals surface area contributed by atoms with Gasteiger partial charge in [0.2, 0.25) is 0 Å². The zero-order valence-electron chi connectivity index (χ0n) is 7.97. The van der Waals surface area contributed by atoms with Crippen LogP contribution in [-0.4, -0.2) is 37.0 Å². The molecule has 0 bridgehead atoms. The topological polar surface area (TPSA) is 55.8 Å². The standard InChI is InChI=1S/C9H16O4/c1-6(2)8-7(11)5-13-9(8)12-4-3-10/h3,6-9,11H,4-5H2,1-2H3/t7-,8?,9+/m1/s1. The molecule has 0 saturated carbocycles. The van der Waals surface area contributed by atoms with Crippen LogP contribution in [0, 0.1) is 11.8 Å². The molecule has 1 fully saturated rings. The van der Waals surface area contributed by atoms with Crippen molar-refractivity contribution in [2.24, 2.45) is 11.8 Å². The van der Waals surface area contributed by atoms with E-state index >= 15 is 0 Å². The second kappa shape index (κ2) is 4.69. The zero-order chi connectivity index (χ0) is 9.84. The molecule has 1 rings (SSSR count). The van der Waals surface area contributed by atoms with Crippen LogP contribution in [0.2, 0.25) is 0 Å². The van der Waals surface area contributed by atoms with Crippen LogP contribution in [0.1, 0.15) is 13.8 Å². The maximum absolute atomic E-state index is 10.1. The van der Waals surface area contributed by atoms with Crippen molar-refractivity contribution >= 4 is 6.29 Å². The minimum absolute atomic E-state index is 0.0278. The predicted octanol–water partition coefficient (Wildman–Crippen LogP) is 0.191. The Balaban J connectivity index is 2.48. The van der Waals surface area contributed by atoms with Crippen LogP contribution in [0.3, 0.4) is 0 Å². The van der Waals surface area contributed by atoms with E-state index in [1.54, 1.807) is 0 Å². The number of carbonyl (C=O) groups excluding carboxylic acids is 1.